The highest BCUT2D eigenvalue weighted by Gasteiger charge is 2.27. The Bertz CT molecular complexity index is 789. The third-order valence-corrected chi connectivity index (χ3v) is 6.08. The van der Waals surface area contributed by atoms with Gasteiger partial charge in [0, 0.05) is 24.1 Å². The molecule has 0 radical (unpaired) electrons. The molecule has 162 valence electrons. The second-order valence-corrected chi connectivity index (χ2v) is 8.75. The van der Waals surface area contributed by atoms with E-state index < -0.39 is 0 Å². The molecule has 2 aromatic rings. The van der Waals surface area contributed by atoms with Crippen LogP contribution in [0.2, 0.25) is 0 Å². The summed E-state index contributed by atoms with van der Waals surface area (Å²) >= 11 is 1.49. The minimum Gasteiger partial charge on any atom is -0.467 e. The van der Waals surface area contributed by atoms with E-state index in [-0.39, 0.29) is 30.5 Å². The molecule has 0 bridgehead atoms. The first kappa shape index (κ1) is 22.4. The highest BCUT2D eigenvalue weighted by Crippen LogP contribution is 2.19. The standard InChI is InChI=1S/C23H30N2O4S/c1-18(2)25(23(27)17-30-21-10-4-3-5-11-21)16-22(26)24(14-19-8-6-12-28-19)15-20-9-7-13-29-20/h3-6,8,10-12,18,20H,7,9,13-17H2,1-2H3. The molecule has 1 unspecified atom stereocenters. The van der Waals surface area contributed by atoms with Gasteiger partial charge < -0.3 is 19.0 Å². The molecule has 1 aliphatic heterocycles. The first-order valence-electron chi connectivity index (χ1n) is 10.4. The van der Waals surface area contributed by atoms with E-state index in [2.05, 4.69) is 0 Å². The van der Waals surface area contributed by atoms with Crippen molar-refractivity contribution in [1.82, 2.24) is 9.80 Å². The van der Waals surface area contributed by atoms with Crippen molar-refractivity contribution in [2.24, 2.45) is 0 Å². The smallest absolute Gasteiger partial charge is 0.242 e. The Morgan fingerprint density at radius 3 is 2.57 bits per heavy atom. The summed E-state index contributed by atoms with van der Waals surface area (Å²) in [5.41, 5.74) is 0. The Morgan fingerprint density at radius 1 is 1.13 bits per heavy atom. The zero-order valence-electron chi connectivity index (χ0n) is 17.7. The molecule has 1 aromatic heterocycles. The third kappa shape index (κ3) is 6.64. The van der Waals surface area contributed by atoms with E-state index in [0.29, 0.717) is 18.8 Å². The second-order valence-electron chi connectivity index (χ2n) is 7.71. The Morgan fingerprint density at radius 2 is 1.93 bits per heavy atom. The van der Waals surface area contributed by atoms with E-state index in [1.54, 1.807) is 16.1 Å². The largest absolute Gasteiger partial charge is 0.467 e. The van der Waals surface area contributed by atoms with Crippen molar-refractivity contribution >= 4 is 23.6 Å². The van der Waals surface area contributed by atoms with Crippen LogP contribution in [0.15, 0.2) is 58.0 Å². The fourth-order valence-electron chi connectivity index (χ4n) is 3.43. The van der Waals surface area contributed by atoms with Crippen LogP contribution in [0.5, 0.6) is 0 Å². The normalized spacial score (nSPS) is 16.0. The summed E-state index contributed by atoms with van der Waals surface area (Å²) in [5, 5.41) is 0. The first-order valence-corrected chi connectivity index (χ1v) is 11.4. The minimum atomic E-state index is -0.0892. The van der Waals surface area contributed by atoms with Crippen LogP contribution in [-0.2, 0) is 20.9 Å². The molecule has 0 N–H and O–H groups in total. The molecule has 30 heavy (non-hydrogen) atoms. The van der Waals surface area contributed by atoms with Crippen molar-refractivity contribution in [3.05, 3.63) is 54.5 Å². The molecule has 0 aliphatic carbocycles. The lowest BCUT2D eigenvalue weighted by Gasteiger charge is -2.30. The summed E-state index contributed by atoms with van der Waals surface area (Å²) in [7, 11) is 0. The summed E-state index contributed by atoms with van der Waals surface area (Å²) in [6.07, 6.45) is 3.61. The number of thioether (sulfide) groups is 1. The van der Waals surface area contributed by atoms with Gasteiger partial charge in [-0.1, -0.05) is 18.2 Å². The van der Waals surface area contributed by atoms with Gasteiger partial charge >= 0.3 is 0 Å². The number of rotatable bonds is 10. The zero-order chi connectivity index (χ0) is 21.3. The molecule has 2 heterocycles. The molecule has 2 amide bonds. The highest BCUT2D eigenvalue weighted by atomic mass is 32.2. The van der Waals surface area contributed by atoms with Crippen molar-refractivity contribution in [2.75, 3.05) is 25.4 Å². The molecule has 3 rings (SSSR count). The van der Waals surface area contributed by atoms with E-state index >= 15 is 0 Å². The number of hydrogen-bond acceptors (Lipinski definition) is 5. The molecule has 1 saturated heterocycles. The van der Waals surface area contributed by atoms with Crippen molar-refractivity contribution in [3.63, 3.8) is 0 Å². The number of carbonyl (C=O) groups is 2. The fourth-order valence-corrected chi connectivity index (χ4v) is 4.23. The monoisotopic (exact) mass is 430 g/mol. The van der Waals surface area contributed by atoms with Crippen LogP contribution in [0, 0.1) is 0 Å². The van der Waals surface area contributed by atoms with Crippen LogP contribution in [0.1, 0.15) is 32.4 Å². The minimum absolute atomic E-state index is 0.0396. The summed E-state index contributed by atoms with van der Waals surface area (Å²) in [5.74, 6) is 0.902. The molecule has 1 aliphatic rings. The first-order chi connectivity index (χ1) is 14.5. The molecule has 6 nitrogen and oxygen atoms in total. The second kappa shape index (κ2) is 11.2. The van der Waals surface area contributed by atoms with E-state index in [9.17, 15) is 9.59 Å². The van der Waals surface area contributed by atoms with Crippen LogP contribution < -0.4 is 0 Å². The molecule has 1 aromatic carbocycles. The highest BCUT2D eigenvalue weighted by molar-refractivity contribution is 8.00. The molecular weight excluding hydrogens is 400 g/mol. The summed E-state index contributed by atoms with van der Waals surface area (Å²) in [6, 6.07) is 13.4. The maximum atomic E-state index is 13.2. The lowest BCUT2D eigenvalue weighted by Crippen LogP contribution is -2.47. The van der Waals surface area contributed by atoms with Crippen molar-refractivity contribution < 1.29 is 18.7 Å². The van der Waals surface area contributed by atoms with E-state index in [0.717, 1.165) is 30.1 Å². The Labute approximate surface area is 182 Å². The lowest BCUT2D eigenvalue weighted by molar-refractivity contribution is -0.142. The average Bonchev–Trinajstić information content (AvgIpc) is 3.44. The maximum absolute atomic E-state index is 13.2. The molecule has 1 fully saturated rings. The van der Waals surface area contributed by atoms with Gasteiger partial charge in [-0.3, -0.25) is 9.59 Å². The predicted octanol–water partition coefficient (Wildman–Crippen LogP) is 3.82. The Balaban J connectivity index is 1.62. The third-order valence-electron chi connectivity index (χ3n) is 5.08. The number of hydrogen-bond donors (Lipinski definition) is 0. The molecule has 7 heteroatoms. The van der Waals surface area contributed by atoms with Gasteiger partial charge in [-0.25, -0.2) is 0 Å². The van der Waals surface area contributed by atoms with Crippen LogP contribution in [-0.4, -0.2) is 59.2 Å². The van der Waals surface area contributed by atoms with Gasteiger partial charge in [0.15, 0.2) is 0 Å². The zero-order valence-corrected chi connectivity index (χ0v) is 18.5. The van der Waals surface area contributed by atoms with Crippen LogP contribution >= 0.6 is 11.8 Å². The lowest BCUT2D eigenvalue weighted by atomic mass is 10.2. The van der Waals surface area contributed by atoms with Gasteiger partial charge in [-0.2, -0.15) is 0 Å². The van der Waals surface area contributed by atoms with Crippen molar-refractivity contribution in [3.8, 4) is 0 Å². The molecule has 0 saturated carbocycles. The topological polar surface area (TPSA) is 63.0 Å². The SMILES string of the molecule is CC(C)N(CC(=O)N(Cc1ccco1)CC1CCCO1)C(=O)CSc1ccccc1. The average molecular weight is 431 g/mol. The van der Waals surface area contributed by atoms with Crippen LogP contribution in [0.4, 0.5) is 0 Å². The van der Waals surface area contributed by atoms with Gasteiger partial charge in [0.2, 0.25) is 11.8 Å². The molecular formula is C23H30N2O4S. The van der Waals surface area contributed by atoms with Crippen LogP contribution in [0.3, 0.4) is 0 Å². The number of carbonyl (C=O) groups excluding carboxylic acids is 2. The summed E-state index contributed by atoms with van der Waals surface area (Å²) in [6.45, 7) is 5.56. The van der Waals surface area contributed by atoms with Crippen molar-refractivity contribution in [2.45, 2.75) is 50.3 Å². The van der Waals surface area contributed by atoms with Crippen LogP contribution in [0.25, 0.3) is 0 Å². The van der Waals surface area contributed by atoms with E-state index in [4.69, 9.17) is 9.15 Å². The van der Waals surface area contributed by atoms with E-state index in [1.807, 2.05) is 56.3 Å². The molecule has 1 atom stereocenters. The maximum Gasteiger partial charge on any atom is 0.242 e. The van der Waals surface area contributed by atoms with Gasteiger partial charge in [-0.15, -0.1) is 11.8 Å². The summed E-state index contributed by atoms with van der Waals surface area (Å²) in [4.78, 5) is 30.5. The van der Waals surface area contributed by atoms with E-state index in [1.165, 1.54) is 11.8 Å². The number of benzene rings is 1. The Kier molecular flexibility index (Phi) is 8.39. The predicted molar refractivity (Wildman–Crippen MR) is 117 cm³/mol. The van der Waals surface area contributed by atoms with Gasteiger partial charge in [0.25, 0.3) is 0 Å². The summed E-state index contributed by atoms with van der Waals surface area (Å²) < 4.78 is 11.2. The van der Waals surface area contributed by atoms with Gasteiger partial charge in [0.1, 0.15) is 12.3 Å². The fraction of sp³-hybridized carbons (Fsp3) is 0.478. The van der Waals surface area contributed by atoms with Crippen molar-refractivity contribution in [1.29, 1.82) is 0 Å². The number of furan rings is 1. The number of amides is 2. The number of ether oxygens (including phenoxy) is 1. The Hall–Kier alpha value is -2.25. The quantitative estimate of drug-likeness (QED) is 0.536. The number of nitrogens with zero attached hydrogens (tertiary/aromatic N) is 2. The van der Waals surface area contributed by atoms with Gasteiger partial charge in [0.05, 0.1) is 24.7 Å². The molecule has 0 spiro atoms. The van der Waals surface area contributed by atoms with Gasteiger partial charge in [-0.05, 0) is 51.0 Å².